The lowest BCUT2D eigenvalue weighted by atomic mass is 10.1. The summed E-state index contributed by atoms with van der Waals surface area (Å²) in [7, 11) is 0. The average Bonchev–Trinajstić information content (AvgIpc) is 2.92. The van der Waals surface area contributed by atoms with Gasteiger partial charge in [-0.2, -0.15) is 0 Å². The minimum Gasteiger partial charge on any atom is -0.316 e. The van der Waals surface area contributed by atoms with Crippen LogP contribution in [0.15, 0.2) is 52.6 Å². The predicted octanol–water partition coefficient (Wildman–Crippen LogP) is 4.00. The molecule has 0 aliphatic rings. The van der Waals surface area contributed by atoms with Crippen LogP contribution in [0.25, 0.3) is 16.6 Å². The molecule has 0 radical (unpaired) electrons. The third kappa shape index (κ3) is 1.91. The molecule has 3 rings (SSSR count). The third-order valence-corrected chi connectivity index (χ3v) is 3.30. The Morgan fingerprint density at radius 3 is 2.40 bits per heavy atom. The van der Waals surface area contributed by atoms with Crippen LogP contribution in [-0.4, -0.2) is 23.0 Å². The van der Waals surface area contributed by atoms with E-state index in [0.29, 0.717) is 11.6 Å². The molecule has 0 bridgehead atoms. The number of aliphatic imine (C=N–C) groups is 2. The number of benzene rings is 1. The van der Waals surface area contributed by atoms with Crippen molar-refractivity contribution in [3.63, 3.8) is 0 Å². The van der Waals surface area contributed by atoms with E-state index in [1.807, 2.05) is 18.3 Å². The highest BCUT2D eigenvalue weighted by molar-refractivity contribution is 5.85. The smallest absolute Gasteiger partial charge is 0.155 e. The topological polar surface area (TPSA) is 42.5 Å². The van der Waals surface area contributed by atoms with E-state index in [1.54, 1.807) is 0 Å². The van der Waals surface area contributed by atoms with Crippen LogP contribution in [0.2, 0.25) is 0 Å². The van der Waals surface area contributed by atoms with E-state index < -0.39 is 0 Å². The maximum absolute atomic E-state index is 4.21. The molecule has 0 spiro atoms. The van der Waals surface area contributed by atoms with Crippen molar-refractivity contribution in [1.29, 1.82) is 0 Å². The highest BCUT2D eigenvalue weighted by atomic mass is 15.0. The Morgan fingerprint density at radius 2 is 1.75 bits per heavy atom. The van der Waals surface area contributed by atoms with Gasteiger partial charge in [0, 0.05) is 23.7 Å². The number of pyridine rings is 1. The molecule has 4 heteroatoms. The maximum atomic E-state index is 4.21. The van der Waals surface area contributed by atoms with Gasteiger partial charge in [-0.1, -0.05) is 18.2 Å². The normalized spacial score (nSPS) is 10.7. The molecule has 2 heterocycles. The molecule has 0 saturated heterocycles. The Bertz CT molecular complexity index is 788. The fraction of sp³-hybridized carbons (Fsp3) is 0.0625. The van der Waals surface area contributed by atoms with Gasteiger partial charge in [0.15, 0.2) is 11.6 Å². The summed E-state index contributed by atoms with van der Waals surface area (Å²) in [6, 6.07) is 12.1. The van der Waals surface area contributed by atoms with E-state index in [4.69, 9.17) is 0 Å². The Hall–Kier alpha value is -2.75. The Kier molecular flexibility index (Phi) is 2.91. The van der Waals surface area contributed by atoms with E-state index in [0.717, 1.165) is 5.69 Å². The first-order valence-electron chi connectivity index (χ1n) is 6.25. The Labute approximate surface area is 117 Å². The van der Waals surface area contributed by atoms with Crippen LogP contribution in [0.4, 0.5) is 11.6 Å². The molecule has 4 nitrogen and oxygen atoms in total. The van der Waals surface area contributed by atoms with E-state index in [2.05, 4.69) is 64.2 Å². The second kappa shape index (κ2) is 4.74. The Balaban J connectivity index is 2.30. The lowest BCUT2D eigenvalue weighted by Crippen LogP contribution is -1.94. The van der Waals surface area contributed by atoms with Gasteiger partial charge in [0.25, 0.3) is 0 Å². The van der Waals surface area contributed by atoms with E-state index in [-0.39, 0.29) is 0 Å². The number of hydrogen-bond donors (Lipinski definition) is 0. The van der Waals surface area contributed by atoms with Crippen LogP contribution in [0.5, 0.6) is 0 Å². The summed E-state index contributed by atoms with van der Waals surface area (Å²) in [5, 5.41) is 1.20. The standard InChI is InChI=1S/C16H14N4/c1-11-5-4-6-12-7-8-20(16(11)12)13-9-14(17-2)19-15(10-13)18-3/h4-10H,2-3H2,1H3. The quantitative estimate of drug-likeness (QED) is 0.658. The molecule has 98 valence electrons. The molecule has 0 saturated carbocycles. The van der Waals surface area contributed by atoms with E-state index in [1.165, 1.54) is 16.5 Å². The van der Waals surface area contributed by atoms with Crippen molar-refractivity contribution in [3.05, 3.63) is 48.2 Å². The van der Waals surface area contributed by atoms with Gasteiger partial charge >= 0.3 is 0 Å². The molecular formula is C16H14N4. The van der Waals surface area contributed by atoms with E-state index >= 15 is 0 Å². The highest BCUT2D eigenvalue weighted by Gasteiger charge is 2.08. The maximum Gasteiger partial charge on any atom is 0.155 e. The highest BCUT2D eigenvalue weighted by Crippen LogP contribution is 2.27. The minimum atomic E-state index is 0.542. The molecule has 2 aromatic heterocycles. The van der Waals surface area contributed by atoms with Crippen molar-refractivity contribution < 1.29 is 0 Å². The van der Waals surface area contributed by atoms with Crippen LogP contribution in [-0.2, 0) is 0 Å². The molecular weight excluding hydrogens is 248 g/mol. The van der Waals surface area contributed by atoms with Gasteiger partial charge in [-0.3, -0.25) is 0 Å². The van der Waals surface area contributed by atoms with E-state index in [9.17, 15) is 0 Å². The summed E-state index contributed by atoms with van der Waals surface area (Å²) < 4.78 is 2.11. The second-order valence-corrected chi connectivity index (χ2v) is 4.56. The largest absolute Gasteiger partial charge is 0.316 e. The van der Waals surface area contributed by atoms with Crippen molar-refractivity contribution in [1.82, 2.24) is 9.55 Å². The molecule has 0 atom stereocenters. The van der Waals surface area contributed by atoms with Crippen molar-refractivity contribution in [2.45, 2.75) is 6.92 Å². The minimum absolute atomic E-state index is 0.542. The summed E-state index contributed by atoms with van der Waals surface area (Å²) in [6.07, 6.45) is 2.03. The second-order valence-electron chi connectivity index (χ2n) is 4.56. The lowest BCUT2D eigenvalue weighted by molar-refractivity contribution is 1.10. The van der Waals surface area contributed by atoms with Crippen molar-refractivity contribution in [2.24, 2.45) is 9.98 Å². The van der Waals surface area contributed by atoms with Gasteiger partial charge < -0.3 is 4.57 Å². The number of rotatable bonds is 3. The zero-order valence-electron chi connectivity index (χ0n) is 11.2. The molecule has 0 N–H and O–H groups in total. The van der Waals surface area contributed by atoms with Crippen LogP contribution in [0.1, 0.15) is 5.56 Å². The zero-order chi connectivity index (χ0) is 14.1. The van der Waals surface area contributed by atoms with Gasteiger partial charge in [0.2, 0.25) is 0 Å². The van der Waals surface area contributed by atoms with Crippen molar-refractivity contribution >= 4 is 36.0 Å². The fourth-order valence-electron chi connectivity index (χ4n) is 2.38. The summed E-state index contributed by atoms with van der Waals surface area (Å²) >= 11 is 0. The number of hydrogen-bond acceptors (Lipinski definition) is 3. The van der Waals surface area contributed by atoms with Gasteiger partial charge in [0.05, 0.1) is 11.2 Å². The molecule has 0 aliphatic heterocycles. The third-order valence-electron chi connectivity index (χ3n) is 3.30. The SMILES string of the molecule is C=Nc1cc(-n2ccc3cccc(C)c32)cc(N=C)n1. The fourth-order valence-corrected chi connectivity index (χ4v) is 2.38. The predicted molar refractivity (Wildman–Crippen MR) is 84.2 cm³/mol. The van der Waals surface area contributed by atoms with Gasteiger partial charge in [0.1, 0.15) is 0 Å². The molecule has 0 fully saturated rings. The number of aryl methyl sites for hydroxylation is 1. The summed E-state index contributed by atoms with van der Waals surface area (Å²) in [5.41, 5.74) is 3.34. The first-order chi connectivity index (χ1) is 9.72. The van der Waals surface area contributed by atoms with Crippen LogP contribution >= 0.6 is 0 Å². The van der Waals surface area contributed by atoms with Crippen LogP contribution in [0, 0.1) is 6.92 Å². The van der Waals surface area contributed by atoms with Crippen LogP contribution in [0.3, 0.4) is 0 Å². The summed E-state index contributed by atoms with van der Waals surface area (Å²) in [6.45, 7) is 9.15. The molecule has 20 heavy (non-hydrogen) atoms. The number of para-hydroxylation sites is 1. The molecule has 1 aromatic carbocycles. The number of nitrogens with zero attached hydrogens (tertiary/aromatic N) is 4. The average molecular weight is 262 g/mol. The molecule has 0 amide bonds. The molecule has 3 aromatic rings. The first kappa shape index (κ1) is 12.3. The summed E-state index contributed by atoms with van der Waals surface area (Å²) in [4.78, 5) is 12.0. The van der Waals surface area contributed by atoms with Gasteiger partial charge in [-0.15, -0.1) is 0 Å². The number of fused-ring (bicyclic) bond motifs is 1. The lowest BCUT2D eigenvalue weighted by Gasteiger charge is -2.09. The first-order valence-corrected chi connectivity index (χ1v) is 6.25. The Morgan fingerprint density at radius 1 is 1.05 bits per heavy atom. The van der Waals surface area contributed by atoms with Crippen LogP contribution < -0.4 is 0 Å². The number of aromatic nitrogens is 2. The monoisotopic (exact) mass is 262 g/mol. The summed E-state index contributed by atoms with van der Waals surface area (Å²) in [5.74, 6) is 1.08. The molecule has 0 aliphatic carbocycles. The van der Waals surface area contributed by atoms with Gasteiger partial charge in [-0.05, 0) is 32.0 Å². The van der Waals surface area contributed by atoms with Crippen molar-refractivity contribution in [3.8, 4) is 5.69 Å². The zero-order valence-corrected chi connectivity index (χ0v) is 11.2. The molecule has 0 unspecified atom stereocenters. The van der Waals surface area contributed by atoms with Gasteiger partial charge in [-0.25, -0.2) is 15.0 Å². The van der Waals surface area contributed by atoms with Crippen molar-refractivity contribution in [2.75, 3.05) is 0 Å².